The van der Waals surface area contributed by atoms with Crippen LogP contribution in [0, 0.1) is 0 Å². The molecule has 1 aromatic rings. The van der Waals surface area contributed by atoms with E-state index in [0.29, 0.717) is 0 Å². The summed E-state index contributed by atoms with van der Waals surface area (Å²) in [7, 11) is -4.23. The summed E-state index contributed by atoms with van der Waals surface area (Å²) in [5.74, 6) is -1.29. The van der Waals surface area contributed by atoms with Gasteiger partial charge in [0.1, 0.15) is 0 Å². The van der Waals surface area contributed by atoms with Crippen LogP contribution >= 0.6 is 0 Å². The zero-order chi connectivity index (χ0) is 15.6. The summed E-state index contributed by atoms with van der Waals surface area (Å²) in [6.07, 6.45) is -5.01. The molecule has 1 unspecified atom stereocenters. The number of alkyl halides is 3. The van der Waals surface area contributed by atoms with Gasteiger partial charge in [-0.25, -0.2) is 22.9 Å². The number of carbonyl (C=O) groups is 1. The van der Waals surface area contributed by atoms with Gasteiger partial charge in [-0.05, 0) is 19.1 Å². The fourth-order valence-corrected chi connectivity index (χ4v) is 2.55. The molecule has 0 aliphatic carbocycles. The lowest BCUT2D eigenvalue weighted by molar-refractivity contribution is -0.137. The first-order valence-corrected chi connectivity index (χ1v) is 6.78. The monoisotopic (exact) mass is 312 g/mol. The van der Waals surface area contributed by atoms with Crippen LogP contribution in [0.4, 0.5) is 13.2 Å². The van der Waals surface area contributed by atoms with Crippen molar-refractivity contribution in [1.29, 1.82) is 0 Å². The molecule has 0 radical (unpaired) electrons. The maximum atomic E-state index is 12.1. The lowest BCUT2D eigenvalue weighted by Crippen LogP contribution is -2.36. The fourth-order valence-electron chi connectivity index (χ4n) is 1.38. The molecule has 1 heterocycles. The Labute approximate surface area is 112 Å². The number of aromatic nitrogens is 1. The molecule has 0 amide bonds. The van der Waals surface area contributed by atoms with Crippen molar-refractivity contribution in [3.05, 3.63) is 23.9 Å². The number of carboxylic acid groups (broad SMARTS) is 1. The molecule has 0 saturated carbocycles. The van der Waals surface area contributed by atoms with Gasteiger partial charge in [-0.15, -0.1) is 0 Å². The Morgan fingerprint density at radius 2 is 2.05 bits per heavy atom. The number of hydrogen-bond donors (Lipinski definition) is 2. The summed E-state index contributed by atoms with van der Waals surface area (Å²) < 4.78 is 61.6. The van der Waals surface area contributed by atoms with E-state index in [1.807, 2.05) is 4.72 Å². The number of carboxylic acids is 1. The molecule has 20 heavy (non-hydrogen) atoms. The summed E-state index contributed by atoms with van der Waals surface area (Å²) in [5, 5.41) is 8.08. The maximum Gasteiger partial charge on any atom is 0.390 e. The second-order valence-electron chi connectivity index (χ2n) is 4.03. The summed E-state index contributed by atoms with van der Waals surface area (Å²) in [5.41, 5.74) is -0.229. The van der Waals surface area contributed by atoms with Crippen LogP contribution in [0.25, 0.3) is 0 Å². The van der Waals surface area contributed by atoms with Crippen molar-refractivity contribution in [1.82, 2.24) is 9.71 Å². The number of pyridine rings is 1. The van der Waals surface area contributed by atoms with Crippen LogP contribution in [0.15, 0.2) is 23.4 Å². The van der Waals surface area contributed by atoms with Gasteiger partial charge < -0.3 is 5.11 Å². The second kappa shape index (κ2) is 5.75. The normalized spacial score (nSPS) is 14.0. The zero-order valence-corrected chi connectivity index (χ0v) is 11.0. The van der Waals surface area contributed by atoms with Crippen LogP contribution in [0.3, 0.4) is 0 Å². The van der Waals surface area contributed by atoms with E-state index in [9.17, 15) is 26.4 Å². The summed E-state index contributed by atoms with van der Waals surface area (Å²) in [6.45, 7) is 1.07. The van der Waals surface area contributed by atoms with Gasteiger partial charge in [0.05, 0.1) is 12.0 Å². The van der Waals surface area contributed by atoms with E-state index in [-0.39, 0.29) is 5.56 Å². The molecule has 0 fully saturated rings. The molecule has 1 aromatic heterocycles. The van der Waals surface area contributed by atoms with Gasteiger partial charge >= 0.3 is 12.1 Å². The van der Waals surface area contributed by atoms with E-state index >= 15 is 0 Å². The highest BCUT2D eigenvalue weighted by Gasteiger charge is 2.32. The van der Waals surface area contributed by atoms with Gasteiger partial charge in [0.25, 0.3) is 10.0 Å². The summed E-state index contributed by atoms with van der Waals surface area (Å²) in [4.78, 5) is 14.0. The highest BCUT2D eigenvalue weighted by molar-refractivity contribution is 7.89. The molecular weight excluding hydrogens is 301 g/mol. The fraction of sp³-hybridized carbons (Fsp3) is 0.400. The standard InChI is InChI=1S/C10H11F3N2O4S/c1-6(4-10(11,12)13)15-20(18,19)8-3-2-7(5-14-8)9(16)17/h2-3,5-6,15H,4H2,1H3,(H,16,17). The molecule has 6 nitrogen and oxygen atoms in total. The van der Waals surface area contributed by atoms with Gasteiger partial charge in [0, 0.05) is 12.2 Å². The minimum absolute atomic E-state index is 0.229. The zero-order valence-electron chi connectivity index (χ0n) is 10.2. The lowest BCUT2D eigenvalue weighted by Gasteiger charge is -2.15. The first-order valence-electron chi connectivity index (χ1n) is 5.30. The predicted octanol–water partition coefficient (Wildman–Crippen LogP) is 1.40. The Morgan fingerprint density at radius 3 is 2.45 bits per heavy atom. The van der Waals surface area contributed by atoms with Gasteiger partial charge in [-0.3, -0.25) is 0 Å². The Hall–Kier alpha value is -1.68. The quantitative estimate of drug-likeness (QED) is 0.856. The summed E-state index contributed by atoms with van der Waals surface area (Å²) >= 11 is 0. The maximum absolute atomic E-state index is 12.1. The highest BCUT2D eigenvalue weighted by Crippen LogP contribution is 2.22. The van der Waals surface area contributed by atoms with E-state index in [4.69, 9.17) is 5.11 Å². The molecule has 0 aromatic carbocycles. The molecule has 10 heteroatoms. The lowest BCUT2D eigenvalue weighted by atomic mass is 10.2. The number of rotatable bonds is 5. The third kappa shape index (κ3) is 4.78. The molecule has 112 valence electrons. The molecule has 2 N–H and O–H groups in total. The number of nitrogens with zero attached hydrogens (tertiary/aromatic N) is 1. The third-order valence-corrected chi connectivity index (χ3v) is 3.66. The van der Waals surface area contributed by atoms with Crippen molar-refractivity contribution in [3.8, 4) is 0 Å². The topological polar surface area (TPSA) is 96.4 Å². The van der Waals surface area contributed by atoms with Crippen molar-refractivity contribution < 1.29 is 31.5 Å². The van der Waals surface area contributed by atoms with Crippen LogP contribution in [0.2, 0.25) is 0 Å². The molecule has 0 spiro atoms. The number of aromatic carboxylic acids is 1. The van der Waals surface area contributed by atoms with Gasteiger partial charge in [-0.2, -0.15) is 13.2 Å². The van der Waals surface area contributed by atoms with Gasteiger partial charge in [0.2, 0.25) is 0 Å². The van der Waals surface area contributed by atoms with Crippen molar-refractivity contribution in [2.75, 3.05) is 0 Å². The Kier molecular flexibility index (Phi) is 4.71. The molecule has 1 atom stereocenters. The average Bonchev–Trinajstić information content (AvgIpc) is 2.25. The minimum Gasteiger partial charge on any atom is -0.478 e. The molecule has 0 aliphatic rings. The van der Waals surface area contributed by atoms with Gasteiger partial charge in [0.15, 0.2) is 5.03 Å². The van der Waals surface area contributed by atoms with Crippen molar-refractivity contribution >= 4 is 16.0 Å². The summed E-state index contributed by atoms with van der Waals surface area (Å²) in [6, 6.07) is 0.547. The van der Waals surface area contributed by atoms with Crippen molar-refractivity contribution in [2.24, 2.45) is 0 Å². The number of hydrogen-bond acceptors (Lipinski definition) is 4. The average molecular weight is 312 g/mol. The Balaban J connectivity index is 2.86. The molecule has 1 rings (SSSR count). The van der Waals surface area contributed by atoms with E-state index in [0.717, 1.165) is 25.3 Å². The molecule has 0 bridgehead atoms. The Morgan fingerprint density at radius 1 is 1.45 bits per heavy atom. The van der Waals surface area contributed by atoms with Crippen LogP contribution < -0.4 is 4.72 Å². The van der Waals surface area contributed by atoms with Crippen LogP contribution in [-0.2, 0) is 10.0 Å². The number of sulfonamides is 1. The molecule has 0 aliphatic heterocycles. The van der Waals surface area contributed by atoms with Crippen molar-refractivity contribution in [3.63, 3.8) is 0 Å². The SMILES string of the molecule is CC(CC(F)(F)F)NS(=O)(=O)c1ccc(C(=O)O)cn1. The third-order valence-electron chi connectivity index (χ3n) is 2.15. The van der Waals surface area contributed by atoms with Crippen LogP contribution in [0.1, 0.15) is 23.7 Å². The largest absolute Gasteiger partial charge is 0.478 e. The predicted molar refractivity (Wildman–Crippen MR) is 61.7 cm³/mol. The van der Waals surface area contributed by atoms with E-state index < -0.39 is 39.7 Å². The van der Waals surface area contributed by atoms with E-state index in [2.05, 4.69) is 4.98 Å². The van der Waals surface area contributed by atoms with Gasteiger partial charge in [-0.1, -0.05) is 0 Å². The van der Waals surface area contributed by atoms with E-state index in [1.54, 1.807) is 0 Å². The highest BCUT2D eigenvalue weighted by atomic mass is 32.2. The molecular formula is C10H11F3N2O4S. The van der Waals surface area contributed by atoms with Crippen LogP contribution in [0.5, 0.6) is 0 Å². The minimum atomic E-state index is -4.50. The first-order chi connectivity index (χ1) is 9.01. The number of halogens is 3. The van der Waals surface area contributed by atoms with Crippen LogP contribution in [-0.4, -0.2) is 36.7 Å². The first kappa shape index (κ1) is 16.4. The van der Waals surface area contributed by atoms with E-state index in [1.165, 1.54) is 0 Å². The number of nitrogens with one attached hydrogen (secondary N) is 1. The molecule has 0 saturated heterocycles. The second-order valence-corrected chi connectivity index (χ2v) is 5.69. The smallest absolute Gasteiger partial charge is 0.390 e. The Bertz CT molecular complexity index is 584. The van der Waals surface area contributed by atoms with Crippen molar-refractivity contribution in [2.45, 2.75) is 30.6 Å².